The normalized spacial score (nSPS) is 13.9. The van der Waals surface area contributed by atoms with E-state index in [9.17, 15) is 4.79 Å². The molecule has 5 aromatic rings. The number of nitrogen functional groups attached to an aromatic ring is 1. The van der Waals surface area contributed by atoms with E-state index in [-0.39, 0.29) is 5.91 Å². The minimum atomic E-state index is -0.254. The van der Waals surface area contributed by atoms with Crippen molar-refractivity contribution in [1.29, 1.82) is 0 Å². The minimum Gasteiger partial charge on any atom is -0.457 e. The van der Waals surface area contributed by atoms with E-state index >= 15 is 0 Å². The molecule has 0 aliphatic heterocycles. The number of para-hydroxylation sites is 1. The Bertz CT molecular complexity index is 1580. The molecule has 0 unspecified atom stereocenters. The highest BCUT2D eigenvalue weighted by Gasteiger charge is 2.28. The summed E-state index contributed by atoms with van der Waals surface area (Å²) in [6, 6.07) is 17.5. The number of hydrogen-bond donors (Lipinski definition) is 3. The lowest BCUT2D eigenvalue weighted by Crippen LogP contribution is -2.07. The summed E-state index contributed by atoms with van der Waals surface area (Å²) in [5, 5.41) is 14.0. The van der Waals surface area contributed by atoms with E-state index in [0.29, 0.717) is 17.4 Å². The van der Waals surface area contributed by atoms with Crippen molar-refractivity contribution in [2.75, 3.05) is 11.1 Å². The van der Waals surface area contributed by atoms with Gasteiger partial charge in [0, 0.05) is 29.3 Å². The summed E-state index contributed by atoms with van der Waals surface area (Å²) < 4.78 is 7.91. The first kappa shape index (κ1) is 23.5. The highest BCUT2D eigenvalue weighted by molar-refractivity contribution is 6.04. The van der Waals surface area contributed by atoms with Gasteiger partial charge in [-0.05, 0) is 48.7 Å². The Labute approximate surface area is 219 Å². The smallest absolute Gasteiger partial charge is 0.248 e. The molecule has 9 nitrogen and oxygen atoms in total. The Morgan fingerprint density at radius 3 is 2.58 bits per heavy atom. The van der Waals surface area contributed by atoms with Gasteiger partial charge in [0.2, 0.25) is 5.91 Å². The number of carbonyl (C=O) groups is 1. The molecule has 1 fully saturated rings. The maximum atomic E-state index is 12.7. The Morgan fingerprint density at radius 2 is 1.84 bits per heavy atom. The number of nitrogens with one attached hydrogen (secondary N) is 2. The van der Waals surface area contributed by atoms with E-state index in [0.717, 1.165) is 65.1 Å². The van der Waals surface area contributed by atoms with Crippen molar-refractivity contribution in [2.24, 2.45) is 0 Å². The van der Waals surface area contributed by atoms with Crippen LogP contribution in [0.15, 0.2) is 79.4 Å². The van der Waals surface area contributed by atoms with Crippen molar-refractivity contribution in [3.63, 3.8) is 0 Å². The van der Waals surface area contributed by atoms with Gasteiger partial charge in [-0.25, -0.2) is 9.50 Å². The number of fused-ring (bicyclic) bond motifs is 1. The summed E-state index contributed by atoms with van der Waals surface area (Å²) in [6.07, 6.45) is 12.5. The van der Waals surface area contributed by atoms with Crippen LogP contribution in [0.3, 0.4) is 0 Å². The van der Waals surface area contributed by atoms with E-state index in [1.54, 1.807) is 18.5 Å². The number of amides is 1. The number of carbonyl (C=O) groups excluding carboxylic acids is 1. The fraction of sp³-hybridized carbons (Fsp3) is 0.172. The van der Waals surface area contributed by atoms with Gasteiger partial charge in [-0.15, -0.1) is 0 Å². The number of benzene rings is 2. The lowest BCUT2D eigenvalue weighted by molar-refractivity contribution is -0.111. The number of ether oxygens (including phenoxy) is 1. The van der Waals surface area contributed by atoms with Crippen LogP contribution in [0, 0.1) is 0 Å². The first-order valence-electron chi connectivity index (χ1n) is 12.6. The van der Waals surface area contributed by atoms with Gasteiger partial charge in [0.05, 0.1) is 17.6 Å². The highest BCUT2D eigenvalue weighted by atomic mass is 16.5. The summed E-state index contributed by atoms with van der Waals surface area (Å²) in [7, 11) is 0. The third-order valence-electron chi connectivity index (χ3n) is 6.86. The molecule has 9 heteroatoms. The second-order valence-corrected chi connectivity index (χ2v) is 9.31. The van der Waals surface area contributed by atoms with Gasteiger partial charge >= 0.3 is 0 Å². The number of nitrogens with zero attached hydrogens (tertiary/aromatic N) is 4. The number of H-pyrrole nitrogens is 1. The van der Waals surface area contributed by atoms with E-state index in [2.05, 4.69) is 25.6 Å². The molecule has 0 bridgehead atoms. The van der Waals surface area contributed by atoms with E-state index in [1.807, 2.05) is 65.2 Å². The fourth-order valence-electron chi connectivity index (χ4n) is 5.18. The molecule has 3 aromatic heterocycles. The van der Waals surface area contributed by atoms with Gasteiger partial charge in [-0.2, -0.15) is 10.2 Å². The van der Waals surface area contributed by atoms with Crippen molar-refractivity contribution in [3.05, 3.63) is 90.7 Å². The quantitative estimate of drug-likeness (QED) is 0.240. The van der Waals surface area contributed by atoms with Crippen molar-refractivity contribution >= 4 is 29.0 Å². The zero-order chi connectivity index (χ0) is 25.9. The number of aromatic nitrogens is 5. The molecule has 1 saturated carbocycles. The van der Waals surface area contributed by atoms with Gasteiger partial charge in [0.15, 0.2) is 5.82 Å². The molecule has 38 heavy (non-hydrogen) atoms. The highest BCUT2D eigenvalue weighted by Crippen LogP contribution is 2.44. The second-order valence-electron chi connectivity index (χ2n) is 9.31. The van der Waals surface area contributed by atoms with Crippen LogP contribution < -0.4 is 15.8 Å². The molecule has 1 aliphatic carbocycles. The summed E-state index contributed by atoms with van der Waals surface area (Å²) in [5.74, 6) is 1.93. The second kappa shape index (κ2) is 10.2. The SMILES string of the molecule is Nc1ncnn2c(C3CCCC3)c(C=CC(=O)Nc3cn[nH]c3)c(-c3ccc(Oc4ccccc4)cc3)c12. The van der Waals surface area contributed by atoms with Crippen LogP contribution in [-0.4, -0.2) is 30.7 Å². The number of rotatable bonds is 7. The molecule has 0 saturated heterocycles. The fourth-order valence-corrected chi connectivity index (χ4v) is 5.18. The molecule has 2 aromatic carbocycles. The largest absolute Gasteiger partial charge is 0.457 e. The first-order chi connectivity index (χ1) is 18.7. The van der Waals surface area contributed by atoms with Gasteiger partial charge < -0.3 is 15.8 Å². The Hall–Kier alpha value is -4.92. The summed E-state index contributed by atoms with van der Waals surface area (Å²) in [4.78, 5) is 17.0. The summed E-state index contributed by atoms with van der Waals surface area (Å²) >= 11 is 0. The van der Waals surface area contributed by atoms with Crippen LogP contribution in [0.25, 0.3) is 22.7 Å². The predicted molar refractivity (Wildman–Crippen MR) is 147 cm³/mol. The summed E-state index contributed by atoms with van der Waals surface area (Å²) in [6.45, 7) is 0. The maximum absolute atomic E-state index is 12.7. The van der Waals surface area contributed by atoms with Gasteiger partial charge in [-0.1, -0.05) is 43.2 Å². The molecular weight excluding hydrogens is 478 g/mol. The molecule has 1 aliphatic rings. The maximum Gasteiger partial charge on any atom is 0.248 e. The Kier molecular flexibility index (Phi) is 6.31. The van der Waals surface area contributed by atoms with Crippen molar-refractivity contribution in [3.8, 4) is 22.6 Å². The molecule has 1 amide bonds. The first-order valence-corrected chi connectivity index (χ1v) is 12.6. The molecule has 3 heterocycles. The molecule has 190 valence electrons. The van der Waals surface area contributed by atoms with Crippen LogP contribution in [0.2, 0.25) is 0 Å². The van der Waals surface area contributed by atoms with Crippen LogP contribution in [0.5, 0.6) is 11.5 Å². The van der Waals surface area contributed by atoms with Crippen LogP contribution >= 0.6 is 0 Å². The van der Waals surface area contributed by atoms with E-state index in [1.165, 1.54) is 6.33 Å². The molecule has 0 spiro atoms. The van der Waals surface area contributed by atoms with E-state index < -0.39 is 0 Å². The van der Waals surface area contributed by atoms with Crippen molar-refractivity contribution < 1.29 is 9.53 Å². The van der Waals surface area contributed by atoms with Crippen LogP contribution in [-0.2, 0) is 4.79 Å². The number of anilines is 2. The molecule has 0 radical (unpaired) electrons. The lowest BCUT2D eigenvalue weighted by atomic mass is 9.94. The van der Waals surface area contributed by atoms with Gasteiger partial charge in [0.25, 0.3) is 0 Å². The van der Waals surface area contributed by atoms with Crippen molar-refractivity contribution in [1.82, 2.24) is 24.8 Å². The van der Waals surface area contributed by atoms with Gasteiger partial charge in [-0.3, -0.25) is 9.89 Å². The third kappa shape index (κ3) is 4.61. The van der Waals surface area contributed by atoms with Crippen molar-refractivity contribution in [2.45, 2.75) is 31.6 Å². The Balaban J connectivity index is 1.45. The minimum absolute atomic E-state index is 0.254. The predicted octanol–water partition coefficient (Wildman–Crippen LogP) is 5.80. The lowest BCUT2D eigenvalue weighted by Gasteiger charge is -2.11. The van der Waals surface area contributed by atoms with Gasteiger partial charge in [0.1, 0.15) is 23.3 Å². The average Bonchev–Trinajstić information content (AvgIpc) is 3.70. The standard InChI is InChI=1S/C29H27N7O2/c30-29-28-26(19-10-12-23(13-11-19)38-22-8-2-1-3-9-22)24(14-15-25(37)35-21-16-32-33-17-21)27(20-6-4-5-7-20)36(28)34-18-31-29/h1-3,8-18,20H,4-7H2,(H,32,33)(H,35,37)(H2,30,31,34). The molecule has 6 rings (SSSR count). The van der Waals surface area contributed by atoms with Crippen LogP contribution in [0.1, 0.15) is 42.9 Å². The Morgan fingerprint density at radius 1 is 1.08 bits per heavy atom. The molecule has 4 N–H and O–H groups in total. The topological polar surface area (TPSA) is 123 Å². The molecular formula is C29H27N7O2. The summed E-state index contributed by atoms with van der Waals surface area (Å²) in [5.41, 5.74) is 11.6. The number of nitrogens with two attached hydrogens (primary N) is 1. The zero-order valence-corrected chi connectivity index (χ0v) is 20.7. The van der Waals surface area contributed by atoms with E-state index in [4.69, 9.17) is 10.5 Å². The average molecular weight is 506 g/mol. The number of aromatic amines is 1. The molecule has 0 atom stereocenters. The van der Waals surface area contributed by atoms with Crippen LogP contribution in [0.4, 0.5) is 11.5 Å². The zero-order valence-electron chi connectivity index (χ0n) is 20.7. The number of hydrogen-bond acceptors (Lipinski definition) is 6. The monoisotopic (exact) mass is 505 g/mol. The third-order valence-corrected chi connectivity index (χ3v) is 6.86.